The summed E-state index contributed by atoms with van der Waals surface area (Å²) in [6.45, 7) is 4.12. The van der Waals surface area contributed by atoms with Gasteiger partial charge in [0.15, 0.2) is 0 Å². The summed E-state index contributed by atoms with van der Waals surface area (Å²) >= 11 is 0. The van der Waals surface area contributed by atoms with Crippen molar-refractivity contribution in [3.8, 4) is 0 Å². The number of benzene rings is 2. The summed E-state index contributed by atoms with van der Waals surface area (Å²) in [6, 6.07) is 21.3. The Kier molecular flexibility index (Phi) is 2.98. The van der Waals surface area contributed by atoms with Gasteiger partial charge in [0.1, 0.15) is 0 Å². The molecular weight excluding hydrogens is 260 g/mol. The summed E-state index contributed by atoms with van der Waals surface area (Å²) < 4.78 is 0. The fourth-order valence-corrected chi connectivity index (χ4v) is 3.75. The molecule has 1 N–H and O–H groups in total. The van der Waals surface area contributed by atoms with E-state index in [-0.39, 0.29) is 11.6 Å². The van der Waals surface area contributed by atoms with Crippen LogP contribution >= 0.6 is 0 Å². The molecule has 2 aromatic rings. The molecule has 2 aromatic carbocycles. The zero-order chi connectivity index (χ0) is 14.3. The summed E-state index contributed by atoms with van der Waals surface area (Å²) in [5.41, 5.74) is 5.86. The van der Waals surface area contributed by atoms with Crippen LogP contribution in [0.4, 0.5) is 5.69 Å². The Bertz CT molecular complexity index is 616. The predicted octanol–water partition coefficient (Wildman–Crippen LogP) is 2.94. The molecular formula is C18H20N2O. The lowest BCUT2D eigenvalue weighted by Gasteiger charge is -2.28. The summed E-state index contributed by atoms with van der Waals surface area (Å²) in [4.78, 5) is 8.25. The molecule has 0 bridgehead atoms. The van der Waals surface area contributed by atoms with Gasteiger partial charge in [0.05, 0.1) is 11.6 Å². The number of rotatable bonds is 2. The molecule has 2 aliphatic rings. The fourth-order valence-electron chi connectivity index (χ4n) is 3.75. The third kappa shape index (κ3) is 1.96. The quantitative estimate of drug-likeness (QED) is 0.915. The van der Waals surface area contributed by atoms with Crippen molar-refractivity contribution >= 4 is 5.69 Å². The van der Waals surface area contributed by atoms with Crippen LogP contribution in [-0.4, -0.2) is 19.2 Å². The number of nitrogens with one attached hydrogen (secondary N) is 1. The second-order valence-electron chi connectivity index (χ2n) is 6.08. The standard InChI is InChI=1S/C18H20N2O/c1-14-17-12-20(16-10-6-3-7-11-16)13-18(17,19-21-14)15-8-4-2-5-9-15/h2-11,14,17,19H,12-13H2,1H3/t14-,17-,18+/m0/s1. The second kappa shape index (κ2) is 4.86. The average molecular weight is 280 g/mol. The van der Waals surface area contributed by atoms with E-state index in [1.54, 1.807) is 0 Å². The van der Waals surface area contributed by atoms with Crippen LogP contribution in [0.15, 0.2) is 60.7 Å². The number of para-hydroxylation sites is 1. The van der Waals surface area contributed by atoms with Crippen molar-refractivity contribution in [2.75, 3.05) is 18.0 Å². The van der Waals surface area contributed by atoms with E-state index in [0.717, 1.165) is 13.1 Å². The van der Waals surface area contributed by atoms with E-state index in [1.165, 1.54) is 11.3 Å². The van der Waals surface area contributed by atoms with Crippen molar-refractivity contribution in [1.29, 1.82) is 0 Å². The van der Waals surface area contributed by atoms with E-state index in [9.17, 15) is 0 Å². The lowest BCUT2D eigenvalue weighted by atomic mass is 9.80. The van der Waals surface area contributed by atoms with Gasteiger partial charge in [0.2, 0.25) is 0 Å². The van der Waals surface area contributed by atoms with Crippen LogP contribution < -0.4 is 10.4 Å². The smallest absolute Gasteiger partial charge is 0.0925 e. The lowest BCUT2D eigenvalue weighted by molar-refractivity contribution is 0.0156. The number of hydrogen-bond donors (Lipinski definition) is 1. The number of hydrogen-bond acceptors (Lipinski definition) is 3. The van der Waals surface area contributed by atoms with E-state index < -0.39 is 0 Å². The number of anilines is 1. The molecule has 0 unspecified atom stereocenters. The van der Waals surface area contributed by atoms with Gasteiger partial charge >= 0.3 is 0 Å². The highest BCUT2D eigenvalue weighted by Gasteiger charge is 2.55. The second-order valence-corrected chi connectivity index (χ2v) is 6.08. The molecule has 0 amide bonds. The van der Waals surface area contributed by atoms with Crippen LogP contribution in [0.25, 0.3) is 0 Å². The summed E-state index contributed by atoms with van der Waals surface area (Å²) in [6.07, 6.45) is 0.221. The van der Waals surface area contributed by atoms with Crippen LogP contribution in [0, 0.1) is 5.92 Å². The van der Waals surface area contributed by atoms with Crippen molar-refractivity contribution in [1.82, 2.24) is 5.48 Å². The molecule has 2 heterocycles. The Hall–Kier alpha value is -1.84. The Morgan fingerprint density at radius 3 is 2.43 bits per heavy atom. The topological polar surface area (TPSA) is 24.5 Å². The first kappa shape index (κ1) is 12.9. The van der Waals surface area contributed by atoms with Crippen molar-refractivity contribution in [2.24, 2.45) is 5.92 Å². The van der Waals surface area contributed by atoms with Crippen molar-refractivity contribution < 1.29 is 4.84 Å². The molecule has 0 radical (unpaired) electrons. The molecule has 2 saturated heterocycles. The van der Waals surface area contributed by atoms with Crippen LogP contribution in [0.1, 0.15) is 12.5 Å². The van der Waals surface area contributed by atoms with Crippen molar-refractivity contribution in [3.63, 3.8) is 0 Å². The molecule has 0 saturated carbocycles. The maximum absolute atomic E-state index is 5.79. The third-order valence-corrected chi connectivity index (χ3v) is 4.89. The van der Waals surface area contributed by atoms with E-state index in [4.69, 9.17) is 4.84 Å². The Labute approximate surface area is 125 Å². The molecule has 0 spiro atoms. The van der Waals surface area contributed by atoms with E-state index in [2.05, 4.69) is 78.0 Å². The van der Waals surface area contributed by atoms with Gasteiger partial charge in [0.25, 0.3) is 0 Å². The summed E-state index contributed by atoms with van der Waals surface area (Å²) in [7, 11) is 0. The highest BCUT2D eigenvalue weighted by Crippen LogP contribution is 2.44. The van der Waals surface area contributed by atoms with E-state index >= 15 is 0 Å². The zero-order valence-corrected chi connectivity index (χ0v) is 12.2. The first-order chi connectivity index (χ1) is 10.3. The minimum Gasteiger partial charge on any atom is -0.369 e. The Morgan fingerprint density at radius 1 is 1.05 bits per heavy atom. The largest absolute Gasteiger partial charge is 0.369 e. The molecule has 4 rings (SSSR count). The van der Waals surface area contributed by atoms with Crippen molar-refractivity contribution in [3.05, 3.63) is 66.2 Å². The van der Waals surface area contributed by atoms with Crippen LogP contribution in [0.2, 0.25) is 0 Å². The number of fused-ring (bicyclic) bond motifs is 1. The van der Waals surface area contributed by atoms with Gasteiger partial charge in [-0.05, 0) is 24.6 Å². The maximum Gasteiger partial charge on any atom is 0.0925 e. The van der Waals surface area contributed by atoms with E-state index in [1.807, 2.05) is 0 Å². The minimum absolute atomic E-state index is 0.101. The molecule has 21 heavy (non-hydrogen) atoms. The molecule has 3 heteroatoms. The summed E-state index contributed by atoms with van der Waals surface area (Å²) in [5, 5.41) is 0. The lowest BCUT2D eigenvalue weighted by Crippen LogP contribution is -2.43. The SMILES string of the molecule is C[C@@H]1ON[C@@]2(c3ccccc3)CN(c3ccccc3)C[C@@H]12. The van der Waals surface area contributed by atoms with Gasteiger partial charge in [-0.3, -0.25) is 4.84 Å². The summed E-state index contributed by atoms with van der Waals surface area (Å²) in [5.74, 6) is 0.458. The highest BCUT2D eigenvalue weighted by molar-refractivity contribution is 5.50. The van der Waals surface area contributed by atoms with Gasteiger partial charge in [-0.2, -0.15) is 5.48 Å². The monoisotopic (exact) mass is 280 g/mol. The average Bonchev–Trinajstić information content (AvgIpc) is 3.08. The van der Waals surface area contributed by atoms with Crippen LogP contribution in [-0.2, 0) is 10.4 Å². The van der Waals surface area contributed by atoms with Gasteiger partial charge in [-0.1, -0.05) is 48.5 Å². The van der Waals surface area contributed by atoms with Crippen LogP contribution in [0.5, 0.6) is 0 Å². The molecule has 3 nitrogen and oxygen atoms in total. The van der Waals surface area contributed by atoms with Gasteiger partial charge in [-0.25, -0.2) is 0 Å². The first-order valence-electron chi connectivity index (χ1n) is 7.58. The number of nitrogens with zero attached hydrogens (tertiary/aromatic N) is 1. The van der Waals surface area contributed by atoms with E-state index in [0.29, 0.717) is 5.92 Å². The Balaban J connectivity index is 1.72. The normalized spacial score (nSPS) is 31.4. The fraction of sp³-hybridized carbons (Fsp3) is 0.333. The van der Waals surface area contributed by atoms with Gasteiger partial charge < -0.3 is 4.90 Å². The predicted molar refractivity (Wildman–Crippen MR) is 83.9 cm³/mol. The molecule has 2 fully saturated rings. The zero-order valence-electron chi connectivity index (χ0n) is 12.2. The molecule has 2 aliphatic heterocycles. The third-order valence-electron chi connectivity index (χ3n) is 4.89. The first-order valence-corrected chi connectivity index (χ1v) is 7.58. The molecule has 3 atom stereocenters. The molecule has 108 valence electrons. The highest BCUT2D eigenvalue weighted by atomic mass is 16.7. The molecule has 0 aliphatic carbocycles. The minimum atomic E-state index is -0.101. The maximum atomic E-state index is 5.79. The van der Waals surface area contributed by atoms with Gasteiger partial charge in [-0.15, -0.1) is 0 Å². The number of hydroxylamine groups is 1. The van der Waals surface area contributed by atoms with Crippen molar-refractivity contribution in [2.45, 2.75) is 18.6 Å². The van der Waals surface area contributed by atoms with Crippen LogP contribution in [0.3, 0.4) is 0 Å². The van der Waals surface area contributed by atoms with Gasteiger partial charge in [0, 0.05) is 24.7 Å². The molecule has 0 aromatic heterocycles. The Morgan fingerprint density at radius 2 is 1.71 bits per heavy atom.